The minimum Gasteiger partial charge on any atom is -0.106 e. The van der Waals surface area contributed by atoms with Gasteiger partial charge in [-0.05, 0) is 94.2 Å². The average Bonchev–Trinajstić information content (AvgIpc) is 2.80. The van der Waals surface area contributed by atoms with Crippen LogP contribution in [0, 0.1) is 0 Å². The van der Waals surface area contributed by atoms with Gasteiger partial charge in [0.1, 0.15) is 0 Å². The molecule has 0 radical (unpaired) electrons. The van der Waals surface area contributed by atoms with Gasteiger partial charge in [-0.2, -0.15) is 0 Å². The summed E-state index contributed by atoms with van der Waals surface area (Å²) in [5.41, 5.74) is 10.7. The normalized spacial score (nSPS) is 10.8. The van der Waals surface area contributed by atoms with Crippen molar-refractivity contribution in [1.29, 1.82) is 0 Å². The van der Waals surface area contributed by atoms with E-state index in [-0.39, 0.29) is 0 Å². The second kappa shape index (κ2) is 22.6. The van der Waals surface area contributed by atoms with Gasteiger partial charge in [0.2, 0.25) is 0 Å². The summed E-state index contributed by atoms with van der Waals surface area (Å²) in [4.78, 5) is 0. The van der Waals surface area contributed by atoms with E-state index in [0.29, 0.717) is 0 Å². The molecule has 0 aliphatic rings. The maximum absolute atomic E-state index is 4.34. The van der Waals surface area contributed by atoms with E-state index in [9.17, 15) is 0 Å². The SMILES string of the molecule is C=C.C=C/C(Cc1ccccc1CCC)=C(/C)CC(=C)/C(C)=C(\C)C=C(C)C.C=CC.CC. The van der Waals surface area contributed by atoms with Gasteiger partial charge in [0, 0.05) is 0 Å². The largest absolute Gasteiger partial charge is 0.106 e. The summed E-state index contributed by atoms with van der Waals surface area (Å²) in [6.07, 6.45) is 10.2. The third-order valence-electron chi connectivity index (χ3n) is 4.92. The molecule has 0 unspecified atom stereocenters. The third kappa shape index (κ3) is 15.8. The lowest BCUT2D eigenvalue weighted by Gasteiger charge is -2.15. The molecule has 0 heteroatoms. The van der Waals surface area contributed by atoms with Crippen LogP contribution in [0.4, 0.5) is 0 Å². The van der Waals surface area contributed by atoms with Crippen LogP contribution in [0.25, 0.3) is 0 Å². The van der Waals surface area contributed by atoms with Gasteiger partial charge in [-0.1, -0.05) is 94.0 Å². The van der Waals surface area contributed by atoms with Crippen LogP contribution in [0.5, 0.6) is 0 Å². The predicted molar refractivity (Wildman–Crippen MR) is 157 cm³/mol. The first-order chi connectivity index (χ1) is 15.7. The fraction of sp³-hybridized carbons (Fsp3) is 0.394. The zero-order valence-corrected chi connectivity index (χ0v) is 23.4. The number of aryl methyl sites for hydroxylation is 1. The topological polar surface area (TPSA) is 0 Å². The Morgan fingerprint density at radius 2 is 1.39 bits per heavy atom. The number of rotatable bonds is 9. The molecule has 0 saturated heterocycles. The minimum absolute atomic E-state index is 0.900. The lowest BCUT2D eigenvalue weighted by molar-refractivity contribution is 0.901. The number of allylic oxidation sites excluding steroid dienone is 9. The highest BCUT2D eigenvalue weighted by atomic mass is 14.1. The molecule has 1 aromatic rings. The molecule has 0 heterocycles. The van der Waals surface area contributed by atoms with Crippen LogP contribution < -0.4 is 0 Å². The van der Waals surface area contributed by atoms with E-state index in [2.05, 4.69) is 105 Å². The number of hydrogen-bond donors (Lipinski definition) is 0. The molecule has 0 nitrogen and oxygen atoms in total. The van der Waals surface area contributed by atoms with E-state index in [4.69, 9.17) is 0 Å². The Balaban J connectivity index is -0.00000115. The summed E-state index contributed by atoms with van der Waals surface area (Å²) < 4.78 is 0. The average molecular weight is 449 g/mol. The monoisotopic (exact) mass is 448 g/mol. The summed E-state index contributed by atoms with van der Waals surface area (Å²) in [5, 5.41) is 0. The van der Waals surface area contributed by atoms with E-state index in [1.165, 1.54) is 51.0 Å². The van der Waals surface area contributed by atoms with Crippen molar-refractivity contribution >= 4 is 0 Å². The molecule has 0 bridgehead atoms. The molecule has 33 heavy (non-hydrogen) atoms. The van der Waals surface area contributed by atoms with Gasteiger partial charge in [0.25, 0.3) is 0 Å². The Labute approximate surface area is 207 Å². The molecule has 0 aromatic heterocycles. The van der Waals surface area contributed by atoms with Crippen molar-refractivity contribution in [2.75, 3.05) is 0 Å². The van der Waals surface area contributed by atoms with Crippen molar-refractivity contribution < 1.29 is 0 Å². The molecule has 0 aliphatic heterocycles. The van der Waals surface area contributed by atoms with Gasteiger partial charge < -0.3 is 0 Å². The molecule has 0 aliphatic carbocycles. The van der Waals surface area contributed by atoms with Crippen molar-refractivity contribution in [3.63, 3.8) is 0 Å². The molecule has 0 spiro atoms. The molecule has 1 rings (SSSR count). The highest BCUT2D eigenvalue weighted by molar-refractivity contribution is 5.42. The summed E-state index contributed by atoms with van der Waals surface area (Å²) in [5.74, 6) is 0. The lowest BCUT2D eigenvalue weighted by atomic mass is 9.91. The molecule has 0 N–H and O–H groups in total. The van der Waals surface area contributed by atoms with Crippen LogP contribution in [0.3, 0.4) is 0 Å². The molecule has 1 aromatic carbocycles. The van der Waals surface area contributed by atoms with Gasteiger partial charge >= 0.3 is 0 Å². The Hall–Kier alpha value is -2.60. The highest BCUT2D eigenvalue weighted by Crippen LogP contribution is 2.25. The second-order valence-electron chi connectivity index (χ2n) is 7.92. The van der Waals surface area contributed by atoms with Gasteiger partial charge in [-0.25, -0.2) is 0 Å². The number of benzene rings is 1. The van der Waals surface area contributed by atoms with Gasteiger partial charge in [0.05, 0.1) is 0 Å². The van der Waals surface area contributed by atoms with Crippen molar-refractivity contribution in [1.82, 2.24) is 0 Å². The van der Waals surface area contributed by atoms with E-state index in [1.807, 2.05) is 26.8 Å². The molecule has 0 amide bonds. The van der Waals surface area contributed by atoms with Crippen LogP contribution >= 0.6 is 0 Å². The summed E-state index contributed by atoms with van der Waals surface area (Å²) >= 11 is 0. The van der Waals surface area contributed by atoms with Gasteiger partial charge in [-0.15, -0.1) is 19.7 Å². The predicted octanol–water partition coefficient (Wildman–Crippen LogP) is 11.0. The van der Waals surface area contributed by atoms with Crippen LogP contribution in [0.15, 0.2) is 109 Å². The number of hydrogen-bond acceptors (Lipinski definition) is 0. The van der Waals surface area contributed by atoms with Crippen LogP contribution in [0.1, 0.15) is 86.3 Å². The molecular weight excluding hydrogens is 396 g/mol. The first kappa shape index (κ1) is 35.0. The van der Waals surface area contributed by atoms with Crippen molar-refractivity contribution in [2.24, 2.45) is 0 Å². The van der Waals surface area contributed by atoms with Crippen molar-refractivity contribution in [3.8, 4) is 0 Å². The quantitative estimate of drug-likeness (QED) is 0.260. The fourth-order valence-electron chi connectivity index (χ4n) is 3.23. The minimum atomic E-state index is 0.900. The zero-order valence-electron chi connectivity index (χ0n) is 23.4. The van der Waals surface area contributed by atoms with Gasteiger partial charge in [0.15, 0.2) is 0 Å². The Bertz CT molecular complexity index is 789. The molecule has 0 saturated carbocycles. The van der Waals surface area contributed by atoms with Crippen LogP contribution in [0.2, 0.25) is 0 Å². The first-order valence-corrected chi connectivity index (χ1v) is 12.2. The maximum atomic E-state index is 4.34. The van der Waals surface area contributed by atoms with E-state index >= 15 is 0 Å². The summed E-state index contributed by atoms with van der Waals surface area (Å²) in [6, 6.07) is 8.78. The molecule has 184 valence electrons. The standard InChI is InChI=1S/C26H36.C3H6.C2H6.C2H4/c1-9-13-25-14-11-12-15-26(25)18-24(10-2)22(7)17-21(6)23(8)20(5)16-19(3)4;1-3-2;2*1-2/h10-12,14-16H,2,6,9,13,17-18H2,1,3-5,7-8H3;3H,1H2,2H3;1-2H3;1-2H2/b23-20+,24-22+;;;. The first-order valence-electron chi connectivity index (χ1n) is 12.2. The summed E-state index contributed by atoms with van der Waals surface area (Å²) in [7, 11) is 0. The van der Waals surface area contributed by atoms with E-state index in [0.717, 1.165) is 19.3 Å². The van der Waals surface area contributed by atoms with Crippen LogP contribution in [-0.4, -0.2) is 0 Å². The maximum Gasteiger partial charge on any atom is -0.00237 e. The summed E-state index contributed by atoms with van der Waals surface area (Å²) in [6.45, 7) is 36.7. The highest BCUT2D eigenvalue weighted by Gasteiger charge is 2.08. The second-order valence-corrected chi connectivity index (χ2v) is 7.92. The Morgan fingerprint density at radius 3 is 1.82 bits per heavy atom. The van der Waals surface area contributed by atoms with E-state index in [1.54, 1.807) is 6.08 Å². The Morgan fingerprint density at radius 1 is 0.909 bits per heavy atom. The smallest absolute Gasteiger partial charge is 0.00237 e. The third-order valence-corrected chi connectivity index (χ3v) is 4.92. The van der Waals surface area contributed by atoms with Crippen molar-refractivity contribution in [3.05, 3.63) is 120 Å². The van der Waals surface area contributed by atoms with Gasteiger partial charge in [-0.3, -0.25) is 0 Å². The molecular formula is C33H52. The fourth-order valence-corrected chi connectivity index (χ4v) is 3.23. The van der Waals surface area contributed by atoms with E-state index < -0.39 is 0 Å². The zero-order chi connectivity index (χ0) is 26.4. The van der Waals surface area contributed by atoms with Crippen molar-refractivity contribution in [2.45, 2.75) is 88.0 Å². The lowest BCUT2D eigenvalue weighted by Crippen LogP contribution is -1.99. The molecule has 0 fully saturated rings. The Kier molecular flexibility index (Phi) is 24.0. The van der Waals surface area contributed by atoms with Crippen LogP contribution in [-0.2, 0) is 12.8 Å². The molecule has 0 atom stereocenters.